The number of nitrogens with zero attached hydrogens (tertiary/aromatic N) is 2. The lowest BCUT2D eigenvalue weighted by Crippen LogP contribution is -2.27. The molecule has 5 nitrogen and oxygen atoms in total. The van der Waals surface area contributed by atoms with Crippen molar-refractivity contribution >= 4 is 45.9 Å². The summed E-state index contributed by atoms with van der Waals surface area (Å²) < 4.78 is 0.719. The molecule has 0 aliphatic carbocycles. The Bertz CT molecular complexity index is 585. The summed E-state index contributed by atoms with van der Waals surface area (Å²) in [5.74, 6) is 1.19. The fraction of sp³-hybridized carbons (Fsp3) is 0.308. The van der Waals surface area contributed by atoms with E-state index in [2.05, 4.69) is 46.7 Å². The Kier molecular flexibility index (Phi) is 6.34. The first-order valence-electron chi connectivity index (χ1n) is 6.31. The molecular weight excluding hydrogens is 324 g/mol. The summed E-state index contributed by atoms with van der Waals surface area (Å²) in [7, 11) is 0. The Balaban J connectivity index is 1.59. The fourth-order valence-corrected chi connectivity index (χ4v) is 3.69. The van der Waals surface area contributed by atoms with E-state index in [0.29, 0.717) is 17.4 Å². The average molecular weight is 340 g/mol. The largest absolute Gasteiger partial charge is 0.374 e. The average Bonchev–Trinajstić information content (AvgIpc) is 2.89. The van der Waals surface area contributed by atoms with Crippen LogP contribution in [0.2, 0.25) is 0 Å². The van der Waals surface area contributed by atoms with Gasteiger partial charge in [-0.1, -0.05) is 40.8 Å². The third-order valence-corrected chi connectivity index (χ3v) is 5.36. The molecule has 0 saturated heterocycles. The van der Waals surface area contributed by atoms with E-state index in [1.165, 1.54) is 33.6 Å². The van der Waals surface area contributed by atoms with E-state index in [1.807, 2.05) is 0 Å². The zero-order valence-corrected chi connectivity index (χ0v) is 14.0. The standard InChI is InChI=1S/C13H16N4OS3/c1-9-2-4-10(5-3-9)19-7-6-15-11(18)8-20-13-17-16-12(14)21-13/h2-5H,6-8H2,1H3,(H2,14,16)(H,15,18). The minimum atomic E-state index is -0.00159. The SMILES string of the molecule is Cc1ccc(SCCNC(=O)CSc2nnc(N)s2)cc1. The van der Waals surface area contributed by atoms with Gasteiger partial charge in [0.05, 0.1) is 5.75 Å². The molecule has 0 unspecified atom stereocenters. The molecule has 0 bridgehead atoms. The smallest absolute Gasteiger partial charge is 0.230 e. The molecule has 112 valence electrons. The summed E-state index contributed by atoms with van der Waals surface area (Å²) in [5, 5.41) is 10.9. The number of rotatable bonds is 7. The Morgan fingerprint density at radius 3 is 2.71 bits per heavy atom. The second-order valence-corrected chi connectivity index (χ2v) is 7.61. The summed E-state index contributed by atoms with van der Waals surface area (Å²) in [4.78, 5) is 12.9. The van der Waals surface area contributed by atoms with Crippen molar-refractivity contribution in [2.75, 3.05) is 23.8 Å². The van der Waals surface area contributed by atoms with Crippen LogP contribution in [0.3, 0.4) is 0 Å². The van der Waals surface area contributed by atoms with Gasteiger partial charge in [0.1, 0.15) is 0 Å². The predicted octanol–water partition coefficient (Wildman–Crippen LogP) is 2.43. The summed E-state index contributed by atoms with van der Waals surface area (Å²) >= 11 is 4.37. The first kappa shape index (κ1) is 16.1. The summed E-state index contributed by atoms with van der Waals surface area (Å²) in [5.41, 5.74) is 6.73. The molecule has 3 N–H and O–H groups in total. The topological polar surface area (TPSA) is 80.9 Å². The van der Waals surface area contributed by atoms with E-state index >= 15 is 0 Å². The van der Waals surface area contributed by atoms with Crippen molar-refractivity contribution in [3.8, 4) is 0 Å². The van der Waals surface area contributed by atoms with Crippen molar-refractivity contribution in [3.63, 3.8) is 0 Å². The number of benzene rings is 1. The molecule has 0 atom stereocenters. The number of anilines is 1. The van der Waals surface area contributed by atoms with Crippen LogP contribution in [0, 0.1) is 6.92 Å². The van der Waals surface area contributed by atoms with Gasteiger partial charge in [-0.25, -0.2) is 0 Å². The van der Waals surface area contributed by atoms with Crippen LogP contribution in [0.5, 0.6) is 0 Å². The van der Waals surface area contributed by atoms with Gasteiger partial charge >= 0.3 is 0 Å². The van der Waals surface area contributed by atoms with Crippen molar-refractivity contribution in [3.05, 3.63) is 29.8 Å². The number of nitrogen functional groups attached to an aromatic ring is 1. The zero-order valence-electron chi connectivity index (χ0n) is 11.5. The minimum absolute atomic E-state index is 0.00159. The molecule has 1 aromatic carbocycles. The Morgan fingerprint density at radius 2 is 2.05 bits per heavy atom. The van der Waals surface area contributed by atoms with Gasteiger partial charge in [-0.15, -0.1) is 22.0 Å². The number of carbonyl (C=O) groups excluding carboxylic acids is 1. The Morgan fingerprint density at radius 1 is 1.29 bits per heavy atom. The molecule has 0 saturated carbocycles. The molecule has 0 aliphatic rings. The van der Waals surface area contributed by atoms with Crippen LogP contribution in [-0.2, 0) is 4.79 Å². The van der Waals surface area contributed by atoms with Gasteiger partial charge < -0.3 is 11.1 Å². The van der Waals surface area contributed by atoms with Crippen LogP contribution in [0.4, 0.5) is 5.13 Å². The monoisotopic (exact) mass is 340 g/mol. The summed E-state index contributed by atoms with van der Waals surface area (Å²) in [6.45, 7) is 2.72. The third kappa shape index (κ3) is 5.94. The molecule has 2 aromatic rings. The van der Waals surface area contributed by atoms with Crippen molar-refractivity contribution in [2.24, 2.45) is 0 Å². The van der Waals surface area contributed by atoms with E-state index in [-0.39, 0.29) is 5.91 Å². The number of hydrogen-bond donors (Lipinski definition) is 2. The van der Waals surface area contributed by atoms with Crippen LogP contribution in [0.25, 0.3) is 0 Å². The van der Waals surface area contributed by atoms with Gasteiger partial charge in [-0.2, -0.15) is 0 Å². The molecule has 2 rings (SSSR count). The van der Waals surface area contributed by atoms with Crippen molar-refractivity contribution in [2.45, 2.75) is 16.2 Å². The number of carbonyl (C=O) groups is 1. The molecule has 0 aliphatic heterocycles. The Labute approximate surface area is 136 Å². The second-order valence-electron chi connectivity index (χ2n) is 4.21. The van der Waals surface area contributed by atoms with E-state index < -0.39 is 0 Å². The highest BCUT2D eigenvalue weighted by Gasteiger charge is 2.06. The number of thioether (sulfide) groups is 2. The van der Waals surface area contributed by atoms with Crippen LogP contribution in [0.15, 0.2) is 33.5 Å². The van der Waals surface area contributed by atoms with Crippen LogP contribution in [-0.4, -0.2) is 34.2 Å². The molecule has 1 aromatic heterocycles. The minimum Gasteiger partial charge on any atom is -0.374 e. The van der Waals surface area contributed by atoms with Crippen molar-refractivity contribution in [1.29, 1.82) is 0 Å². The highest BCUT2D eigenvalue weighted by Crippen LogP contribution is 2.23. The van der Waals surface area contributed by atoms with Gasteiger partial charge in [-0.05, 0) is 19.1 Å². The number of aromatic nitrogens is 2. The molecule has 0 spiro atoms. The number of amides is 1. The van der Waals surface area contributed by atoms with E-state index in [4.69, 9.17) is 5.73 Å². The normalized spacial score (nSPS) is 10.5. The van der Waals surface area contributed by atoms with Crippen molar-refractivity contribution < 1.29 is 4.79 Å². The van der Waals surface area contributed by atoms with E-state index in [9.17, 15) is 4.79 Å². The summed E-state index contributed by atoms with van der Waals surface area (Å²) in [6, 6.07) is 8.37. The lowest BCUT2D eigenvalue weighted by Gasteiger charge is -2.04. The molecule has 8 heteroatoms. The molecular formula is C13H16N4OS3. The first-order valence-corrected chi connectivity index (χ1v) is 9.10. The summed E-state index contributed by atoms with van der Waals surface area (Å²) in [6.07, 6.45) is 0. The van der Waals surface area contributed by atoms with Gasteiger partial charge in [0.2, 0.25) is 11.0 Å². The lowest BCUT2D eigenvalue weighted by molar-refractivity contribution is -0.118. The number of nitrogens with two attached hydrogens (primary N) is 1. The lowest BCUT2D eigenvalue weighted by atomic mass is 10.2. The first-order chi connectivity index (χ1) is 10.1. The van der Waals surface area contributed by atoms with Crippen LogP contribution >= 0.6 is 34.9 Å². The van der Waals surface area contributed by atoms with E-state index in [0.717, 1.165) is 10.1 Å². The van der Waals surface area contributed by atoms with Gasteiger partial charge in [0.25, 0.3) is 0 Å². The molecule has 0 radical (unpaired) electrons. The maximum atomic E-state index is 11.7. The number of hydrogen-bond acceptors (Lipinski definition) is 7. The molecule has 0 fully saturated rings. The quantitative estimate of drug-likeness (QED) is 0.595. The predicted molar refractivity (Wildman–Crippen MR) is 90.0 cm³/mol. The maximum absolute atomic E-state index is 11.7. The highest BCUT2D eigenvalue weighted by atomic mass is 32.2. The third-order valence-electron chi connectivity index (χ3n) is 2.46. The number of nitrogens with one attached hydrogen (secondary N) is 1. The maximum Gasteiger partial charge on any atom is 0.230 e. The van der Waals surface area contributed by atoms with E-state index in [1.54, 1.807) is 11.8 Å². The van der Waals surface area contributed by atoms with Crippen LogP contribution < -0.4 is 11.1 Å². The highest BCUT2D eigenvalue weighted by molar-refractivity contribution is 8.01. The number of aryl methyl sites for hydroxylation is 1. The van der Waals surface area contributed by atoms with Crippen molar-refractivity contribution in [1.82, 2.24) is 15.5 Å². The Hall–Kier alpha value is -1.25. The van der Waals surface area contributed by atoms with Gasteiger partial charge in [0, 0.05) is 17.2 Å². The zero-order chi connectivity index (χ0) is 15.1. The molecule has 1 amide bonds. The second kappa shape index (κ2) is 8.26. The van der Waals surface area contributed by atoms with Gasteiger partial charge in [0.15, 0.2) is 4.34 Å². The fourth-order valence-electron chi connectivity index (χ4n) is 1.45. The molecule has 1 heterocycles. The van der Waals surface area contributed by atoms with Crippen LogP contribution in [0.1, 0.15) is 5.56 Å². The molecule has 21 heavy (non-hydrogen) atoms. The van der Waals surface area contributed by atoms with Gasteiger partial charge in [-0.3, -0.25) is 4.79 Å².